The first kappa shape index (κ1) is 35.9. The molecule has 0 saturated carbocycles. The molecule has 0 spiro atoms. The lowest BCUT2D eigenvalue weighted by Crippen LogP contribution is -2.04. The molecule has 0 bridgehead atoms. The number of hydrogen-bond donors (Lipinski definition) is 0. The van der Waals surface area contributed by atoms with Crippen LogP contribution in [0.25, 0.3) is 115 Å². The van der Waals surface area contributed by atoms with Crippen LogP contribution >= 0.6 is 11.3 Å². The average Bonchev–Trinajstić information content (AvgIpc) is 3.90. The molecule has 0 fully saturated rings. The first-order valence-electron chi connectivity index (χ1n) is 20.8. The Labute approximate surface area is 362 Å². The Balaban J connectivity index is 1.09. The van der Waals surface area contributed by atoms with Crippen molar-refractivity contribution in [3.05, 3.63) is 218 Å². The number of hydrogen-bond acceptors (Lipinski definition) is 4. The summed E-state index contributed by atoms with van der Waals surface area (Å²) in [5.41, 5.74) is 12.7. The molecule has 0 aliphatic carbocycles. The van der Waals surface area contributed by atoms with Gasteiger partial charge in [-0.1, -0.05) is 164 Å². The molecule has 62 heavy (non-hydrogen) atoms. The lowest BCUT2D eigenvalue weighted by atomic mass is 10.00. The van der Waals surface area contributed by atoms with E-state index in [1.807, 2.05) is 17.4 Å². The molecular formula is C57H36N4S. The standard InChI is InChI=1S/C57H36N4S/c1-3-15-37(16-4-1)39-19-13-21-43(33-39)55-58-56(44-22-14-20-40(34-44)41-30-32-54-49(35-41)47-25-9-12-28-53(47)62-54)60-57(59-55)48-31-29-42(38-17-5-2-6-18-38)36-52(48)61-50-26-10-7-23-45(50)46-24-8-11-27-51(46)61/h1-36H. The van der Waals surface area contributed by atoms with Crippen LogP contribution < -0.4 is 0 Å². The molecule has 0 unspecified atom stereocenters. The molecule has 0 radical (unpaired) electrons. The number of benzene rings is 9. The van der Waals surface area contributed by atoms with Gasteiger partial charge in [0, 0.05) is 47.6 Å². The summed E-state index contributed by atoms with van der Waals surface area (Å²) >= 11 is 1.84. The van der Waals surface area contributed by atoms with E-state index in [1.165, 1.54) is 30.9 Å². The fraction of sp³-hybridized carbons (Fsp3) is 0. The van der Waals surface area contributed by atoms with Crippen molar-refractivity contribution < 1.29 is 0 Å². The predicted molar refractivity (Wildman–Crippen MR) is 260 cm³/mol. The van der Waals surface area contributed by atoms with Gasteiger partial charge in [0.25, 0.3) is 0 Å². The van der Waals surface area contributed by atoms with Crippen LogP contribution in [-0.2, 0) is 0 Å². The van der Waals surface area contributed by atoms with Crippen molar-refractivity contribution in [1.82, 2.24) is 19.5 Å². The van der Waals surface area contributed by atoms with Crippen LogP contribution in [0, 0.1) is 0 Å². The van der Waals surface area contributed by atoms with Crippen LogP contribution in [0.2, 0.25) is 0 Å². The molecule has 3 heterocycles. The van der Waals surface area contributed by atoms with Crippen LogP contribution in [0.5, 0.6) is 0 Å². The molecule has 5 heteroatoms. The van der Waals surface area contributed by atoms with Crippen molar-refractivity contribution in [2.45, 2.75) is 0 Å². The maximum absolute atomic E-state index is 5.40. The van der Waals surface area contributed by atoms with Gasteiger partial charge in [0.2, 0.25) is 0 Å². The number of aromatic nitrogens is 4. The Morgan fingerprint density at radius 2 is 0.742 bits per heavy atom. The average molecular weight is 809 g/mol. The molecule has 4 nitrogen and oxygen atoms in total. The highest BCUT2D eigenvalue weighted by Gasteiger charge is 2.21. The summed E-state index contributed by atoms with van der Waals surface area (Å²) in [5, 5.41) is 4.94. The van der Waals surface area contributed by atoms with Gasteiger partial charge < -0.3 is 4.57 Å². The van der Waals surface area contributed by atoms with E-state index in [2.05, 4.69) is 217 Å². The highest BCUT2D eigenvalue weighted by Crippen LogP contribution is 2.40. The van der Waals surface area contributed by atoms with Crippen molar-refractivity contribution in [3.63, 3.8) is 0 Å². The minimum absolute atomic E-state index is 0.600. The van der Waals surface area contributed by atoms with E-state index in [1.54, 1.807) is 0 Å². The normalized spacial score (nSPS) is 11.5. The SMILES string of the molecule is c1ccc(-c2cccc(-c3nc(-c4cccc(-c5ccc6sc7ccccc7c6c5)c4)nc(-c4ccc(-c5ccccc5)cc4-n4c5ccccc5c5ccccc54)n3)c2)cc1. The van der Waals surface area contributed by atoms with Gasteiger partial charge >= 0.3 is 0 Å². The fourth-order valence-corrected chi connectivity index (χ4v) is 9.95. The Morgan fingerprint density at radius 1 is 0.290 bits per heavy atom. The minimum Gasteiger partial charge on any atom is -0.308 e. The summed E-state index contributed by atoms with van der Waals surface area (Å²) in [6.45, 7) is 0. The smallest absolute Gasteiger partial charge is 0.166 e. The maximum Gasteiger partial charge on any atom is 0.166 e. The maximum atomic E-state index is 5.40. The molecule has 12 aromatic rings. The zero-order chi connectivity index (χ0) is 41.0. The topological polar surface area (TPSA) is 43.6 Å². The van der Waals surface area contributed by atoms with Crippen LogP contribution in [0.15, 0.2) is 218 Å². The molecule has 9 aromatic carbocycles. The highest BCUT2D eigenvalue weighted by molar-refractivity contribution is 7.25. The van der Waals surface area contributed by atoms with Gasteiger partial charge in [-0.05, 0) is 88.0 Å². The second kappa shape index (κ2) is 14.9. The van der Waals surface area contributed by atoms with E-state index in [0.717, 1.165) is 66.8 Å². The monoisotopic (exact) mass is 808 g/mol. The number of nitrogens with zero attached hydrogens (tertiary/aromatic N) is 4. The van der Waals surface area contributed by atoms with Gasteiger partial charge in [0.15, 0.2) is 17.5 Å². The number of rotatable bonds is 7. The summed E-state index contributed by atoms with van der Waals surface area (Å²) in [4.78, 5) is 16.0. The zero-order valence-corrected chi connectivity index (χ0v) is 34.3. The number of para-hydroxylation sites is 2. The lowest BCUT2D eigenvalue weighted by molar-refractivity contribution is 1.06. The highest BCUT2D eigenvalue weighted by atomic mass is 32.1. The van der Waals surface area contributed by atoms with E-state index in [9.17, 15) is 0 Å². The van der Waals surface area contributed by atoms with E-state index in [4.69, 9.17) is 15.0 Å². The van der Waals surface area contributed by atoms with Crippen LogP contribution in [0.4, 0.5) is 0 Å². The second-order valence-electron chi connectivity index (χ2n) is 15.6. The molecule has 0 saturated heterocycles. The van der Waals surface area contributed by atoms with E-state index in [-0.39, 0.29) is 0 Å². The predicted octanol–water partition coefficient (Wildman–Crippen LogP) is 15.3. The van der Waals surface area contributed by atoms with Crippen molar-refractivity contribution in [2.24, 2.45) is 0 Å². The third-order valence-electron chi connectivity index (χ3n) is 11.9. The summed E-state index contributed by atoms with van der Waals surface area (Å²) in [6, 6.07) is 77.5. The first-order chi connectivity index (χ1) is 30.7. The Hall–Kier alpha value is -7.99. The third-order valence-corrected chi connectivity index (χ3v) is 13.0. The molecular weight excluding hydrogens is 773 g/mol. The van der Waals surface area contributed by atoms with Crippen molar-refractivity contribution >= 4 is 53.3 Å². The third kappa shape index (κ3) is 6.26. The van der Waals surface area contributed by atoms with Crippen LogP contribution in [0.1, 0.15) is 0 Å². The van der Waals surface area contributed by atoms with Crippen LogP contribution in [-0.4, -0.2) is 19.5 Å². The molecule has 0 aliphatic heterocycles. The van der Waals surface area contributed by atoms with Gasteiger partial charge in [0.1, 0.15) is 0 Å². The van der Waals surface area contributed by atoms with Gasteiger partial charge in [-0.25, -0.2) is 15.0 Å². The van der Waals surface area contributed by atoms with Gasteiger partial charge in [-0.3, -0.25) is 0 Å². The minimum atomic E-state index is 0.600. The van der Waals surface area contributed by atoms with Crippen LogP contribution in [0.3, 0.4) is 0 Å². The van der Waals surface area contributed by atoms with E-state index >= 15 is 0 Å². The van der Waals surface area contributed by atoms with Gasteiger partial charge in [0.05, 0.1) is 16.7 Å². The lowest BCUT2D eigenvalue weighted by Gasteiger charge is -2.16. The summed E-state index contributed by atoms with van der Waals surface area (Å²) in [6.07, 6.45) is 0. The Bertz CT molecular complexity index is 3590. The number of fused-ring (bicyclic) bond motifs is 6. The molecule has 0 aliphatic rings. The summed E-state index contributed by atoms with van der Waals surface area (Å²) in [5.74, 6) is 1.82. The van der Waals surface area contributed by atoms with Crippen molar-refractivity contribution in [1.29, 1.82) is 0 Å². The molecule has 290 valence electrons. The van der Waals surface area contributed by atoms with Crippen molar-refractivity contribution in [2.75, 3.05) is 0 Å². The second-order valence-corrected chi connectivity index (χ2v) is 16.7. The number of thiophene rings is 1. The Morgan fingerprint density at radius 3 is 1.39 bits per heavy atom. The molecule has 0 N–H and O–H groups in total. The van der Waals surface area contributed by atoms with E-state index < -0.39 is 0 Å². The first-order valence-corrected chi connectivity index (χ1v) is 21.7. The molecule has 0 atom stereocenters. The molecule has 3 aromatic heterocycles. The molecule has 0 amide bonds. The quantitative estimate of drug-likeness (QED) is 0.161. The van der Waals surface area contributed by atoms with Gasteiger partial charge in [-0.15, -0.1) is 11.3 Å². The van der Waals surface area contributed by atoms with Crippen molar-refractivity contribution in [3.8, 4) is 73.2 Å². The Kier molecular flexibility index (Phi) is 8.65. The largest absolute Gasteiger partial charge is 0.308 e. The summed E-state index contributed by atoms with van der Waals surface area (Å²) < 4.78 is 4.95. The fourth-order valence-electron chi connectivity index (χ4n) is 8.86. The molecule has 12 rings (SSSR count). The van der Waals surface area contributed by atoms with Gasteiger partial charge in [-0.2, -0.15) is 0 Å². The van der Waals surface area contributed by atoms with E-state index in [0.29, 0.717) is 17.5 Å². The zero-order valence-electron chi connectivity index (χ0n) is 33.5. The summed E-state index contributed by atoms with van der Waals surface area (Å²) in [7, 11) is 0.